The van der Waals surface area contributed by atoms with Crippen LogP contribution in [0.1, 0.15) is 10.4 Å². The zero-order valence-corrected chi connectivity index (χ0v) is 13.9. The average Bonchev–Trinajstić information content (AvgIpc) is 3.33. The second-order valence-corrected chi connectivity index (χ2v) is 6.34. The minimum absolute atomic E-state index is 0.671. The van der Waals surface area contributed by atoms with E-state index < -0.39 is 0 Å². The number of hydrogen-bond donors (Lipinski definition) is 2. The van der Waals surface area contributed by atoms with Crippen LogP contribution in [-0.2, 0) is 0 Å². The molecule has 5 aromatic rings. The molecule has 0 saturated heterocycles. The van der Waals surface area contributed by atoms with Crippen molar-refractivity contribution in [2.24, 2.45) is 0 Å². The summed E-state index contributed by atoms with van der Waals surface area (Å²) in [4.78, 5) is 21.9. The second-order valence-electron chi connectivity index (χ2n) is 6.34. The van der Waals surface area contributed by atoms with Gasteiger partial charge in [-0.1, -0.05) is 30.3 Å². The number of rotatable bonds is 3. The summed E-state index contributed by atoms with van der Waals surface area (Å²) in [6.45, 7) is 0. The molecule has 0 aliphatic heterocycles. The monoisotopic (exact) mass is 337 g/mol. The molecule has 124 valence electrons. The van der Waals surface area contributed by atoms with Crippen LogP contribution in [0.15, 0.2) is 73.2 Å². The zero-order chi connectivity index (χ0) is 17.5. The summed E-state index contributed by atoms with van der Waals surface area (Å²) in [5.41, 5.74) is 7.01. The predicted octanol–water partition coefficient (Wildman–Crippen LogP) is 5.19. The van der Waals surface area contributed by atoms with Gasteiger partial charge in [0.2, 0.25) is 0 Å². The van der Waals surface area contributed by atoms with Crippen LogP contribution in [0.2, 0.25) is 0 Å². The molecule has 0 radical (unpaired) electrons. The summed E-state index contributed by atoms with van der Waals surface area (Å²) >= 11 is 0. The number of H-pyrrole nitrogens is 2. The first-order valence-electron chi connectivity index (χ1n) is 8.42. The first-order chi connectivity index (χ1) is 12.8. The lowest BCUT2D eigenvalue weighted by atomic mass is 10.0. The minimum atomic E-state index is 0.671. The van der Waals surface area contributed by atoms with Crippen LogP contribution in [0.25, 0.3) is 44.2 Å². The van der Waals surface area contributed by atoms with Crippen LogP contribution in [0.4, 0.5) is 0 Å². The first-order valence-corrected chi connectivity index (χ1v) is 8.42. The van der Waals surface area contributed by atoms with Gasteiger partial charge in [0, 0.05) is 46.2 Å². The highest BCUT2D eigenvalue weighted by molar-refractivity contribution is 5.98. The maximum absolute atomic E-state index is 10.9. The highest BCUT2D eigenvalue weighted by atomic mass is 16.1. The normalized spacial score (nSPS) is 11.2. The molecule has 2 N–H and O–H groups in total. The van der Waals surface area contributed by atoms with Crippen LogP contribution in [0.5, 0.6) is 0 Å². The van der Waals surface area contributed by atoms with Gasteiger partial charge in [0.05, 0.1) is 0 Å². The predicted molar refractivity (Wildman–Crippen MR) is 104 cm³/mol. The van der Waals surface area contributed by atoms with Gasteiger partial charge in [0.25, 0.3) is 0 Å². The number of nitrogens with zero attached hydrogens (tertiary/aromatic N) is 1. The Morgan fingerprint density at radius 2 is 1.69 bits per heavy atom. The standard InChI is InChI=1S/C22H15N3O/c26-13-14-1-3-15(4-2-14)18-10-19-20(12-25-22(19)24-11-18)16-5-6-21-17(9-16)7-8-23-21/h1-13,23H,(H,24,25). The summed E-state index contributed by atoms with van der Waals surface area (Å²) in [6, 6.07) is 18.2. The molecule has 0 atom stereocenters. The molecule has 0 fully saturated rings. The van der Waals surface area contributed by atoms with Gasteiger partial charge in [-0.3, -0.25) is 4.79 Å². The number of fused-ring (bicyclic) bond motifs is 2. The highest BCUT2D eigenvalue weighted by Crippen LogP contribution is 2.32. The van der Waals surface area contributed by atoms with E-state index >= 15 is 0 Å². The van der Waals surface area contributed by atoms with Gasteiger partial charge < -0.3 is 9.97 Å². The van der Waals surface area contributed by atoms with Crippen molar-refractivity contribution in [1.29, 1.82) is 0 Å². The lowest BCUT2D eigenvalue weighted by Crippen LogP contribution is -1.84. The van der Waals surface area contributed by atoms with Crippen molar-refractivity contribution in [2.45, 2.75) is 0 Å². The fourth-order valence-corrected chi connectivity index (χ4v) is 3.38. The van der Waals surface area contributed by atoms with Gasteiger partial charge in [-0.25, -0.2) is 4.98 Å². The molecule has 0 amide bonds. The molecule has 3 heterocycles. The molecule has 4 heteroatoms. The molecule has 5 rings (SSSR count). The molecule has 3 aromatic heterocycles. The lowest BCUT2D eigenvalue weighted by Gasteiger charge is -2.04. The molecule has 0 spiro atoms. The Balaban J connectivity index is 1.65. The number of carbonyl (C=O) groups excluding carboxylic acids is 1. The quantitative estimate of drug-likeness (QED) is 0.445. The molecule has 0 aliphatic carbocycles. The Hall–Kier alpha value is -3.66. The highest BCUT2D eigenvalue weighted by Gasteiger charge is 2.10. The Labute approximate surface area is 149 Å². The number of aldehydes is 1. The van der Waals surface area contributed by atoms with E-state index in [-0.39, 0.29) is 0 Å². The van der Waals surface area contributed by atoms with E-state index in [0.717, 1.165) is 45.1 Å². The second kappa shape index (κ2) is 5.70. The Morgan fingerprint density at radius 1 is 0.846 bits per heavy atom. The van der Waals surface area contributed by atoms with Crippen molar-refractivity contribution in [3.05, 3.63) is 78.8 Å². The number of aromatic nitrogens is 3. The van der Waals surface area contributed by atoms with E-state index in [4.69, 9.17) is 0 Å². The summed E-state index contributed by atoms with van der Waals surface area (Å²) in [5, 5.41) is 2.27. The minimum Gasteiger partial charge on any atom is -0.361 e. The molecular weight excluding hydrogens is 322 g/mol. The van der Waals surface area contributed by atoms with E-state index in [9.17, 15) is 4.79 Å². The van der Waals surface area contributed by atoms with Gasteiger partial charge >= 0.3 is 0 Å². The Morgan fingerprint density at radius 3 is 2.54 bits per heavy atom. The SMILES string of the molecule is O=Cc1ccc(-c2cnc3[nH]cc(-c4ccc5[nH]ccc5c4)c3c2)cc1. The summed E-state index contributed by atoms with van der Waals surface area (Å²) in [6.07, 6.45) is 6.66. The van der Waals surface area contributed by atoms with E-state index in [0.29, 0.717) is 5.56 Å². The van der Waals surface area contributed by atoms with Crippen LogP contribution in [0, 0.1) is 0 Å². The molecule has 0 unspecified atom stereocenters. The van der Waals surface area contributed by atoms with Crippen molar-refractivity contribution < 1.29 is 4.79 Å². The number of hydrogen-bond acceptors (Lipinski definition) is 2. The molecule has 2 aromatic carbocycles. The lowest BCUT2D eigenvalue weighted by molar-refractivity contribution is 0.112. The van der Waals surface area contributed by atoms with E-state index in [1.165, 1.54) is 5.39 Å². The van der Waals surface area contributed by atoms with Crippen LogP contribution in [0.3, 0.4) is 0 Å². The summed E-state index contributed by atoms with van der Waals surface area (Å²) in [5.74, 6) is 0. The average molecular weight is 337 g/mol. The van der Waals surface area contributed by atoms with Crippen molar-refractivity contribution in [1.82, 2.24) is 15.0 Å². The van der Waals surface area contributed by atoms with Gasteiger partial charge in [-0.2, -0.15) is 0 Å². The van der Waals surface area contributed by atoms with Crippen molar-refractivity contribution in [3.8, 4) is 22.3 Å². The van der Waals surface area contributed by atoms with E-state index in [1.54, 1.807) is 0 Å². The third-order valence-corrected chi connectivity index (χ3v) is 4.78. The third kappa shape index (κ3) is 2.31. The number of benzene rings is 2. The molecule has 0 bridgehead atoms. The number of pyridine rings is 1. The molecular formula is C22H15N3O. The maximum atomic E-state index is 10.9. The number of carbonyl (C=O) groups is 1. The Bertz CT molecular complexity index is 1250. The molecule has 0 saturated carbocycles. The van der Waals surface area contributed by atoms with Crippen LogP contribution < -0.4 is 0 Å². The van der Waals surface area contributed by atoms with E-state index in [1.807, 2.05) is 42.9 Å². The molecule has 26 heavy (non-hydrogen) atoms. The zero-order valence-electron chi connectivity index (χ0n) is 13.9. The third-order valence-electron chi connectivity index (χ3n) is 4.78. The van der Waals surface area contributed by atoms with Crippen molar-refractivity contribution >= 4 is 28.2 Å². The summed E-state index contributed by atoms with van der Waals surface area (Å²) in [7, 11) is 0. The summed E-state index contributed by atoms with van der Waals surface area (Å²) < 4.78 is 0. The van der Waals surface area contributed by atoms with Crippen molar-refractivity contribution in [3.63, 3.8) is 0 Å². The maximum Gasteiger partial charge on any atom is 0.150 e. The fourth-order valence-electron chi connectivity index (χ4n) is 3.38. The van der Waals surface area contributed by atoms with Gasteiger partial charge in [-0.15, -0.1) is 0 Å². The van der Waals surface area contributed by atoms with Crippen molar-refractivity contribution in [2.75, 3.05) is 0 Å². The number of nitrogens with one attached hydrogen (secondary N) is 2. The topological polar surface area (TPSA) is 61.5 Å². The van der Waals surface area contributed by atoms with Gasteiger partial charge in [0.1, 0.15) is 11.9 Å². The Kier molecular flexibility index (Phi) is 3.22. The fraction of sp³-hybridized carbons (Fsp3) is 0. The first kappa shape index (κ1) is 14.7. The van der Waals surface area contributed by atoms with Gasteiger partial charge in [0.15, 0.2) is 0 Å². The van der Waals surface area contributed by atoms with Crippen LogP contribution in [-0.4, -0.2) is 21.2 Å². The van der Waals surface area contributed by atoms with Crippen LogP contribution >= 0.6 is 0 Å². The van der Waals surface area contributed by atoms with Gasteiger partial charge in [-0.05, 0) is 40.8 Å². The van der Waals surface area contributed by atoms with E-state index in [2.05, 4.69) is 45.3 Å². The smallest absolute Gasteiger partial charge is 0.150 e. The largest absolute Gasteiger partial charge is 0.361 e. The molecule has 0 aliphatic rings. The molecule has 4 nitrogen and oxygen atoms in total. The number of aromatic amines is 2.